The Hall–Kier alpha value is 0.0700. The maximum atomic E-state index is 9.93. The molecule has 0 spiro atoms. The maximum Gasteiger partial charge on any atom is 0.0114 e. The molecule has 1 unspecified atom stereocenters. The molecule has 0 saturated heterocycles. The summed E-state index contributed by atoms with van der Waals surface area (Å²) in [6, 6.07) is 0. The van der Waals surface area contributed by atoms with Gasteiger partial charge in [0.05, 0.1) is 0 Å². The molecule has 0 saturated carbocycles. The van der Waals surface area contributed by atoms with Gasteiger partial charge in [0.2, 0.25) is 0 Å². The van der Waals surface area contributed by atoms with Gasteiger partial charge < -0.3 is 9.87 Å². The van der Waals surface area contributed by atoms with Crippen LogP contribution in [-0.4, -0.2) is 27.6 Å². The summed E-state index contributed by atoms with van der Waals surface area (Å²) in [5.74, 6) is 0.271. The average Bonchev–Trinajstić information content (AvgIpc) is 1.80. The van der Waals surface area contributed by atoms with Crippen molar-refractivity contribution in [3.63, 3.8) is 0 Å². The SMILES string of the molecule is CCNCCCS(=O)[O-]. The first-order chi connectivity index (χ1) is 4.27. The van der Waals surface area contributed by atoms with Gasteiger partial charge in [-0.3, -0.25) is 4.21 Å². The Kier molecular flexibility index (Phi) is 6.24. The van der Waals surface area contributed by atoms with Crippen LogP contribution in [-0.2, 0) is 11.1 Å². The van der Waals surface area contributed by atoms with Crippen molar-refractivity contribution < 1.29 is 8.76 Å². The molecule has 0 aliphatic carbocycles. The van der Waals surface area contributed by atoms with E-state index in [1.807, 2.05) is 6.92 Å². The fourth-order valence-corrected chi connectivity index (χ4v) is 0.872. The van der Waals surface area contributed by atoms with Gasteiger partial charge >= 0.3 is 0 Å². The quantitative estimate of drug-likeness (QED) is 0.438. The van der Waals surface area contributed by atoms with Crippen LogP contribution in [0.4, 0.5) is 0 Å². The topological polar surface area (TPSA) is 52.2 Å². The second-order valence-corrected chi connectivity index (χ2v) is 2.73. The van der Waals surface area contributed by atoms with Crippen LogP contribution in [0.15, 0.2) is 0 Å². The van der Waals surface area contributed by atoms with E-state index in [1.54, 1.807) is 0 Å². The Morgan fingerprint density at radius 3 is 2.78 bits per heavy atom. The molecule has 0 fully saturated rings. The summed E-state index contributed by atoms with van der Waals surface area (Å²) in [5, 5.41) is 3.03. The van der Waals surface area contributed by atoms with Gasteiger partial charge in [-0.2, -0.15) is 0 Å². The monoisotopic (exact) mass is 150 g/mol. The van der Waals surface area contributed by atoms with Gasteiger partial charge in [0.25, 0.3) is 0 Å². The van der Waals surface area contributed by atoms with Crippen LogP contribution in [0.25, 0.3) is 0 Å². The first-order valence-electron chi connectivity index (χ1n) is 3.04. The lowest BCUT2D eigenvalue weighted by Gasteiger charge is -2.03. The van der Waals surface area contributed by atoms with E-state index >= 15 is 0 Å². The zero-order valence-corrected chi connectivity index (χ0v) is 6.37. The molecule has 0 aromatic heterocycles. The minimum Gasteiger partial charge on any atom is -0.772 e. The molecule has 3 nitrogen and oxygen atoms in total. The second kappa shape index (κ2) is 6.19. The highest BCUT2D eigenvalue weighted by Gasteiger charge is 1.84. The van der Waals surface area contributed by atoms with Crippen molar-refractivity contribution in [2.24, 2.45) is 0 Å². The van der Waals surface area contributed by atoms with E-state index in [-0.39, 0.29) is 5.75 Å². The first kappa shape index (κ1) is 9.07. The van der Waals surface area contributed by atoms with E-state index in [2.05, 4.69) is 5.32 Å². The molecule has 1 N–H and O–H groups in total. The normalized spacial score (nSPS) is 13.6. The molecule has 0 rings (SSSR count). The summed E-state index contributed by atoms with van der Waals surface area (Å²) in [7, 11) is 0. The second-order valence-electron chi connectivity index (χ2n) is 1.71. The molecule has 9 heavy (non-hydrogen) atoms. The van der Waals surface area contributed by atoms with Crippen molar-refractivity contribution in [3.05, 3.63) is 0 Å². The molecule has 0 aromatic rings. The first-order valence-corrected chi connectivity index (χ1v) is 4.28. The predicted octanol–water partition coefficient (Wildman–Crippen LogP) is -0.135. The van der Waals surface area contributed by atoms with Gasteiger partial charge in [-0.1, -0.05) is 18.0 Å². The highest BCUT2D eigenvalue weighted by atomic mass is 32.2. The third-order valence-corrected chi connectivity index (χ3v) is 1.54. The predicted molar refractivity (Wildman–Crippen MR) is 36.9 cm³/mol. The van der Waals surface area contributed by atoms with Gasteiger partial charge in [-0.15, -0.1) is 0 Å². The Labute approximate surface area is 58.1 Å². The number of nitrogens with one attached hydrogen (secondary N) is 1. The molecule has 1 atom stereocenters. The van der Waals surface area contributed by atoms with E-state index in [9.17, 15) is 8.76 Å². The third-order valence-electron chi connectivity index (χ3n) is 0.915. The van der Waals surface area contributed by atoms with E-state index in [4.69, 9.17) is 0 Å². The minimum absolute atomic E-state index is 0.271. The van der Waals surface area contributed by atoms with Crippen LogP contribution in [0.1, 0.15) is 13.3 Å². The highest BCUT2D eigenvalue weighted by Crippen LogP contribution is 1.79. The van der Waals surface area contributed by atoms with Crippen LogP contribution in [0.5, 0.6) is 0 Å². The van der Waals surface area contributed by atoms with E-state index in [1.165, 1.54) is 0 Å². The summed E-state index contributed by atoms with van der Waals surface area (Å²) in [4.78, 5) is 0. The molecule has 0 radical (unpaired) electrons. The lowest BCUT2D eigenvalue weighted by molar-refractivity contribution is 0.533. The summed E-state index contributed by atoms with van der Waals surface area (Å²) in [6.45, 7) is 3.70. The zero-order chi connectivity index (χ0) is 7.11. The standard InChI is InChI=1S/C5H13NO2S/c1-2-6-4-3-5-9(7)8/h6H,2-5H2,1H3,(H,7,8)/p-1. The van der Waals surface area contributed by atoms with E-state index < -0.39 is 11.1 Å². The molecule has 0 amide bonds. The summed E-state index contributed by atoms with van der Waals surface area (Å²) in [6.07, 6.45) is 0.712. The Balaban J connectivity index is 2.83. The molecule has 0 aliphatic heterocycles. The lowest BCUT2D eigenvalue weighted by Crippen LogP contribution is -2.15. The number of rotatable bonds is 5. The molecule has 0 heterocycles. The Bertz CT molecular complexity index is 87.0. The van der Waals surface area contributed by atoms with Crippen molar-refractivity contribution in [2.45, 2.75) is 13.3 Å². The molecular formula is C5H12NO2S-. The van der Waals surface area contributed by atoms with Crippen LogP contribution in [0, 0.1) is 0 Å². The smallest absolute Gasteiger partial charge is 0.0114 e. The molecular weight excluding hydrogens is 138 g/mol. The van der Waals surface area contributed by atoms with Crippen LogP contribution >= 0.6 is 0 Å². The van der Waals surface area contributed by atoms with Crippen LogP contribution in [0.3, 0.4) is 0 Å². The van der Waals surface area contributed by atoms with Gasteiger partial charge in [0.1, 0.15) is 0 Å². The van der Waals surface area contributed by atoms with E-state index in [0.717, 1.165) is 13.1 Å². The Morgan fingerprint density at radius 1 is 1.67 bits per heavy atom. The van der Waals surface area contributed by atoms with Crippen molar-refractivity contribution in [3.8, 4) is 0 Å². The summed E-state index contributed by atoms with van der Waals surface area (Å²) < 4.78 is 19.9. The molecule has 0 aliphatic rings. The maximum absolute atomic E-state index is 9.93. The van der Waals surface area contributed by atoms with Crippen molar-refractivity contribution in [1.82, 2.24) is 5.32 Å². The average molecular weight is 150 g/mol. The molecule has 0 bridgehead atoms. The zero-order valence-electron chi connectivity index (χ0n) is 5.55. The fourth-order valence-electron chi connectivity index (χ4n) is 0.492. The van der Waals surface area contributed by atoms with Gasteiger partial charge in [-0.05, 0) is 19.5 Å². The highest BCUT2D eigenvalue weighted by molar-refractivity contribution is 7.79. The lowest BCUT2D eigenvalue weighted by atomic mass is 10.5. The third kappa shape index (κ3) is 8.07. The molecule has 0 aromatic carbocycles. The van der Waals surface area contributed by atoms with Gasteiger partial charge in [-0.25, -0.2) is 0 Å². The molecule has 4 heteroatoms. The van der Waals surface area contributed by atoms with Crippen LogP contribution in [0.2, 0.25) is 0 Å². The number of hydrogen-bond acceptors (Lipinski definition) is 3. The van der Waals surface area contributed by atoms with Crippen molar-refractivity contribution in [2.75, 3.05) is 18.8 Å². The summed E-state index contributed by atoms with van der Waals surface area (Å²) in [5.41, 5.74) is 0. The van der Waals surface area contributed by atoms with Gasteiger partial charge in [0.15, 0.2) is 0 Å². The van der Waals surface area contributed by atoms with Gasteiger partial charge in [0, 0.05) is 5.75 Å². The fraction of sp³-hybridized carbons (Fsp3) is 1.00. The largest absolute Gasteiger partial charge is 0.772 e. The van der Waals surface area contributed by atoms with E-state index in [0.29, 0.717) is 6.42 Å². The molecule has 56 valence electrons. The van der Waals surface area contributed by atoms with Crippen molar-refractivity contribution >= 4 is 11.1 Å². The summed E-state index contributed by atoms with van der Waals surface area (Å²) >= 11 is -1.86. The number of hydrogen-bond donors (Lipinski definition) is 1. The Morgan fingerprint density at radius 2 is 2.33 bits per heavy atom. The van der Waals surface area contributed by atoms with Crippen molar-refractivity contribution in [1.29, 1.82) is 0 Å². The minimum atomic E-state index is -1.86. The van der Waals surface area contributed by atoms with Crippen LogP contribution < -0.4 is 5.32 Å².